The molecule has 0 amide bonds. The Hall–Kier alpha value is -0.580. The van der Waals surface area contributed by atoms with Crippen LogP contribution in [0.5, 0.6) is 0 Å². The number of aliphatic hydroxyl groups is 1. The maximum Gasteiger partial charge on any atom is 0.0744 e. The Kier molecular flexibility index (Phi) is 6.45. The van der Waals surface area contributed by atoms with Gasteiger partial charge in [0, 0.05) is 36.0 Å². The van der Waals surface area contributed by atoms with Gasteiger partial charge in [-0.25, -0.2) is 0 Å². The summed E-state index contributed by atoms with van der Waals surface area (Å²) in [5.41, 5.74) is 2.23. The van der Waals surface area contributed by atoms with Crippen molar-refractivity contribution in [2.24, 2.45) is 0 Å². The largest absolute Gasteiger partial charge is 0.396 e. The summed E-state index contributed by atoms with van der Waals surface area (Å²) in [6.07, 6.45) is 1.80. The summed E-state index contributed by atoms with van der Waals surface area (Å²) in [5, 5.41) is 12.0. The van der Waals surface area contributed by atoms with E-state index in [0.29, 0.717) is 6.61 Å². The molecule has 3 nitrogen and oxygen atoms in total. The number of rotatable bonds is 7. The number of halogens is 1. The van der Waals surface area contributed by atoms with E-state index in [9.17, 15) is 0 Å². The Labute approximate surface area is 105 Å². The molecule has 1 aromatic rings. The van der Waals surface area contributed by atoms with Crippen molar-refractivity contribution in [1.82, 2.24) is 0 Å². The fraction of sp³-hybridized carbons (Fsp3) is 0.500. The van der Waals surface area contributed by atoms with Crippen molar-refractivity contribution in [2.45, 2.75) is 19.4 Å². The van der Waals surface area contributed by atoms with Gasteiger partial charge in [-0.2, -0.15) is 0 Å². The summed E-state index contributed by atoms with van der Waals surface area (Å²) in [4.78, 5) is 0. The minimum absolute atomic E-state index is 0.255. The molecular formula is C12H18BrNO2. The van der Waals surface area contributed by atoms with Crippen molar-refractivity contribution in [3.63, 3.8) is 0 Å². The lowest BCUT2D eigenvalue weighted by atomic mass is 10.2. The smallest absolute Gasteiger partial charge is 0.0744 e. The minimum Gasteiger partial charge on any atom is -0.396 e. The lowest BCUT2D eigenvalue weighted by Gasteiger charge is -2.12. The van der Waals surface area contributed by atoms with Crippen molar-refractivity contribution >= 4 is 21.6 Å². The lowest BCUT2D eigenvalue weighted by molar-refractivity contribution is 0.185. The van der Waals surface area contributed by atoms with E-state index < -0.39 is 0 Å². The van der Waals surface area contributed by atoms with Crippen LogP contribution in [0.1, 0.15) is 18.4 Å². The van der Waals surface area contributed by atoms with Crippen LogP contribution in [0.2, 0.25) is 0 Å². The SMILES string of the molecule is COCc1c(Br)cccc1NCCCCO. The molecule has 90 valence electrons. The van der Waals surface area contributed by atoms with Crippen LogP contribution < -0.4 is 5.32 Å². The van der Waals surface area contributed by atoms with Gasteiger partial charge in [0.1, 0.15) is 0 Å². The van der Waals surface area contributed by atoms with Gasteiger partial charge in [-0.3, -0.25) is 0 Å². The molecule has 0 fully saturated rings. The molecule has 0 saturated heterocycles. The summed E-state index contributed by atoms with van der Waals surface area (Å²) >= 11 is 3.51. The van der Waals surface area contributed by atoms with Gasteiger partial charge in [0.15, 0.2) is 0 Å². The highest BCUT2D eigenvalue weighted by molar-refractivity contribution is 9.10. The fourth-order valence-electron chi connectivity index (χ4n) is 1.48. The molecule has 0 spiro atoms. The molecule has 4 heteroatoms. The van der Waals surface area contributed by atoms with Crippen LogP contribution in [-0.2, 0) is 11.3 Å². The van der Waals surface area contributed by atoms with Crippen molar-refractivity contribution in [3.05, 3.63) is 28.2 Å². The third-order valence-corrected chi connectivity index (χ3v) is 3.05. The number of ether oxygens (including phenoxy) is 1. The highest BCUT2D eigenvalue weighted by Gasteiger charge is 2.05. The second-order valence-corrected chi connectivity index (χ2v) is 4.41. The van der Waals surface area contributed by atoms with Crippen LogP contribution in [0.15, 0.2) is 22.7 Å². The van der Waals surface area contributed by atoms with Crippen LogP contribution in [0, 0.1) is 0 Å². The minimum atomic E-state index is 0.255. The molecule has 1 aromatic carbocycles. The quantitative estimate of drug-likeness (QED) is 0.758. The first-order chi connectivity index (χ1) is 7.79. The summed E-state index contributed by atoms with van der Waals surface area (Å²) in [6, 6.07) is 6.04. The normalized spacial score (nSPS) is 10.4. The number of hydrogen-bond acceptors (Lipinski definition) is 3. The van der Waals surface area contributed by atoms with Gasteiger partial charge in [-0.05, 0) is 25.0 Å². The predicted octanol–water partition coefficient (Wildman–Crippen LogP) is 2.78. The van der Waals surface area contributed by atoms with Gasteiger partial charge in [-0.15, -0.1) is 0 Å². The Morgan fingerprint density at radius 1 is 1.38 bits per heavy atom. The molecule has 0 aliphatic heterocycles. The maximum atomic E-state index is 8.69. The lowest BCUT2D eigenvalue weighted by Crippen LogP contribution is -2.05. The molecule has 0 aliphatic carbocycles. The molecule has 0 aliphatic rings. The zero-order chi connectivity index (χ0) is 11.8. The van der Waals surface area contributed by atoms with Gasteiger partial charge in [0.2, 0.25) is 0 Å². The van der Waals surface area contributed by atoms with E-state index >= 15 is 0 Å². The van der Waals surface area contributed by atoms with Crippen molar-refractivity contribution in [3.8, 4) is 0 Å². The van der Waals surface area contributed by atoms with Gasteiger partial charge >= 0.3 is 0 Å². The summed E-state index contributed by atoms with van der Waals surface area (Å²) in [6.45, 7) is 1.71. The van der Waals surface area contributed by atoms with E-state index in [1.807, 2.05) is 18.2 Å². The van der Waals surface area contributed by atoms with Crippen LogP contribution in [0.3, 0.4) is 0 Å². The van der Waals surface area contributed by atoms with Gasteiger partial charge in [0.05, 0.1) is 6.61 Å². The molecule has 1 rings (SSSR count). The monoisotopic (exact) mass is 287 g/mol. The summed E-state index contributed by atoms with van der Waals surface area (Å²) in [5.74, 6) is 0. The van der Waals surface area contributed by atoms with Crippen molar-refractivity contribution < 1.29 is 9.84 Å². The number of anilines is 1. The number of nitrogens with one attached hydrogen (secondary N) is 1. The molecule has 2 N–H and O–H groups in total. The average molecular weight is 288 g/mol. The molecule has 0 saturated carbocycles. The number of unbranched alkanes of at least 4 members (excludes halogenated alkanes) is 1. The molecule has 0 bridgehead atoms. The highest BCUT2D eigenvalue weighted by atomic mass is 79.9. The van der Waals surface area contributed by atoms with E-state index in [0.717, 1.165) is 35.1 Å². The van der Waals surface area contributed by atoms with Gasteiger partial charge in [-0.1, -0.05) is 22.0 Å². The van der Waals surface area contributed by atoms with E-state index in [2.05, 4.69) is 21.2 Å². The number of hydrogen-bond donors (Lipinski definition) is 2. The molecule has 16 heavy (non-hydrogen) atoms. The fourth-order valence-corrected chi connectivity index (χ4v) is 1.96. The van der Waals surface area contributed by atoms with E-state index in [1.54, 1.807) is 7.11 Å². The first kappa shape index (κ1) is 13.5. The van der Waals surface area contributed by atoms with Crippen LogP contribution >= 0.6 is 15.9 Å². The molecule has 0 heterocycles. The second-order valence-electron chi connectivity index (χ2n) is 3.56. The zero-order valence-electron chi connectivity index (χ0n) is 9.50. The van der Waals surface area contributed by atoms with E-state index in [4.69, 9.17) is 9.84 Å². The third kappa shape index (κ3) is 4.12. The molecule has 0 unspecified atom stereocenters. The van der Waals surface area contributed by atoms with Crippen LogP contribution in [-0.4, -0.2) is 25.4 Å². The maximum absolute atomic E-state index is 8.69. The van der Waals surface area contributed by atoms with Crippen LogP contribution in [0.4, 0.5) is 5.69 Å². The van der Waals surface area contributed by atoms with E-state index in [1.165, 1.54) is 0 Å². The molecule has 0 atom stereocenters. The summed E-state index contributed by atoms with van der Waals surface area (Å²) in [7, 11) is 1.69. The Bertz CT molecular complexity index is 318. The van der Waals surface area contributed by atoms with Crippen molar-refractivity contribution in [1.29, 1.82) is 0 Å². The van der Waals surface area contributed by atoms with Gasteiger partial charge < -0.3 is 15.2 Å². The standard InChI is InChI=1S/C12H18BrNO2/c1-16-9-10-11(13)5-4-6-12(10)14-7-2-3-8-15/h4-6,14-15H,2-3,7-9H2,1H3. The Morgan fingerprint density at radius 3 is 2.88 bits per heavy atom. The Balaban J connectivity index is 2.59. The van der Waals surface area contributed by atoms with Crippen molar-refractivity contribution in [2.75, 3.05) is 25.6 Å². The Morgan fingerprint density at radius 2 is 2.19 bits per heavy atom. The third-order valence-electron chi connectivity index (χ3n) is 2.31. The molecular weight excluding hydrogens is 270 g/mol. The zero-order valence-corrected chi connectivity index (χ0v) is 11.1. The average Bonchev–Trinajstić information content (AvgIpc) is 2.29. The predicted molar refractivity (Wildman–Crippen MR) is 69.7 cm³/mol. The first-order valence-corrected chi connectivity index (χ1v) is 6.20. The van der Waals surface area contributed by atoms with Gasteiger partial charge in [0.25, 0.3) is 0 Å². The number of benzene rings is 1. The topological polar surface area (TPSA) is 41.5 Å². The van der Waals surface area contributed by atoms with E-state index in [-0.39, 0.29) is 6.61 Å². The van der Waals surface area contributed by atoms with Crippen LogP contribution in [0.25, 0.3) is 0 Å². The molecule has 0 aromatic heterocycles. The molecule has 0 radical (unpaired) electrons. The second kappa shape index (κ2) is 7.65. The number of methoxy groups -OCH3 is 1. The number of aliphatic hydroxyl groups excluding tert-OH is 1. The highest BCUT2D eigenvalue weighted by Crippen LogP contribution is 2.25. The first-order valence-electron chi connectivity index (χ1n) is 5.40. The summed E-state index contributed by atoms with van der Waals surface area (Å²) < 4.78 is 6.22.